The summed E-state index contributed by atoms with van der Waals surface area (Å²) in [5.74, 6) is 0. The fraction of sp³-hybridized carbons (Fsp3) is 0. The molecule has 1 N–H and O–H groups in total. The van der Waals surface area contributed by atoms with Gasteiger partial charge in [0.15, 0.2) is 0 Å². The summed E-state index contributed by atoms with van der Waals surface area (Å²) in [5, 5.41) is 3.34. The van der Waals surface area contributed by atoms with E-state index in [-0.39, 0.29) is 0 Å². The van der Waals surface area contributed by atoms with E-state index < -0.39 is 0 Å². The summed E-state index contributed by atoms with van der Waals surface area (Å²) < 4.78 is 1.34. The Labute approximate surface area is 92.7 Å². The van der Waals surface area contributed by atoms with Crippen molar-refractivity contribution in [3.8, 4) is 0 Å². The van der Waals surface area contributed by atoms with Gasteiger partial charge in [0.2, 0.25) is 0 Å². The van der Waals surface area contributed by atoms with Gasteiger partial charge in [-0.15, -0.1) is 0 Å². The Morgan fingerprint density at radius 3 is 1.93 bits per heavy atom. The van der Waals surface area contributed by atoms with Crippen LogP contribution in [0.4, 0.5) is 11.4 Å². The third-order valence-corrected chi connectivity index (χ3v) is 2.78. The van der Waals surface area contributed by atoms with Crippen LogP contribution in [-0.2, 0) is 0 Å². The van der Waals surface area contributed by atoms with Gasteiger partial charge >= 0.3 is 92.5 Å². The van der Waals surface area contributed by atoms with Gasteiger partial charge in [-0.25, -0.2) is 0 Å². The van der Waals surface area contributed by atoms with Crippen LogP contribution < -0.4 is 9.67 Å². The fourth-order valence-electron chi connectivity index (χ4n) is 1.25. The molecular formula is C12H12AsN. The summed E-state index contributed by atoms with van der Waals surface area (Å²) in [6, 6.07) is 18.7. The Hall–Kier alpha value is -1.20. The predicted molar refractivity (Wildman–Crippen MR) is 64.3 cm³/mol. The van der Waals surface area contributed by atoms with Crippen molar-refractivity contribution in [3.63, 3.8) is 0 Å². The molecule has 0 saturated carbocycles. The van der Waals surface area contributed by atoms with Gasteiger partial charge in [0.1, 0.15) is 0 Å². The van der Waals surface area contributed by atoms with E-state index in [1.54, 1.807) is 16.9 Å². The second kappa shape index (κ2) is 4.34. The van der Waals surface area contributed by atoms with Gasteiger partial charge in [-0.3, -0.25) is 0 Å². The van der Waals surface area contributed by atoms with Gasteiger partial charge in [0.05, 0.1) is 0 Å². The maximum atomic E-state index is 3.34. The molecule has 2 aromatic rings. The van der Waals surface area contributed by atoms with E-state index >= 15 is 0 Å². The zero-order valence-electron chi connectivity index (χ0n) is 7.77. The fourth-order valence-corrected chi connectivity index (χ4v) is 1.66. The summed E-state index contributed by atoms with van der Waals surface area (Å²) in [6.07, 6.45) is 0. The minimum atomic E-state index is 1.13. The molecule has 0 amide bonds. The van der Waals surface area contributed by atoms with Crippen molar-refractivity contribution in [2.24, 2.45) is 0 Å². The number of benzene rings is 2. The minimum absolute atomic E-state index is 1.13. The molecular weight excluding hydrogens is 233 g/mol. The summed E-state index contributed by atoms with van der Waals surface area (Å²) in [4.78, 5) is 0. The molecule has 2 heteroatoms. The summed E-state index contributed by atoms with van der Waals surface area (Å²) >= 11 is 1.65. The van der Waals surface area contributed by atoms with Crippen LogP contribution in [0.25, 0.3) is 0 Å². The Balaban J connectivity index is 2.16. The normalized spacial score (nSPS) is 9.79. The Bertz CT molecular complexity index is 394. The second-order valence-corrected chi connectivity index (χ2v) is 4.51. The van der Waals surface area contributed by atoms with Crippen molar-refractivity contribution in [2.75, 3.05) is 5.32 Å². The second-order valence-electron chi connectivity index (χ2n) is 3.11. The molecule has 0 bridgehead atoms. The van der Waals surface area contributed by atoms with Gasteiger partial charge in [0.25, 0.3) is 0 Å². The summed E-state index contributed by atoms with van der Waals surface area (Å²) in [6.45, 7) is 0. The number of hydrogen-bond acceptors (Lipinski definition) is 1. The van der Waals surface area contributed by atoms with Crippen molar-refractivity contribution >= 4 is 32.6 Å². The molecule has 0 aliphatic rings. The van der Waals surface area contributed by atoms with Crippen molar-refractivity contribution in [3.05, 3.63) is 54.6 Å². The summed E-state index contributed by atoms with van der Waals surface area (Å²) in [5.41, 5.74) is 2.26. The number of nitrogens with one attached hydrogen (secondary N) is 1. The first kappa shape index (κ1) is 9.36. The van der Waals surface area contributed by atoms with Crippen LogP contribution in [0.5, 0.6) is 0 Å². The third-order valence-electron chi connectivity index (χ3n) is 1.97. The molecule has 0 spiro atoms. The first-order chi connectivity index (χ1) is 6.84. The molecule has 1 atom stereocenters. The van der Waals surface area contributed by atoms with Gasteiger partial charge in [-0.05, 0) is 0 Å². The quantitative estimate of drug-likeness (QED) is 0.794. The molecule has 14 heavy (non-hydrogen) atoms. The number of para-hydroxylation sites is 1. The number of rotatable bonds is 2. The van der Waals surface area contributed by atoms with Crippen LogP contribution in [0.15, 0.2) is 54.6 Å². The van der Waals surface area contributed by atoms with Crippen molar-refractivity contribution < 1.29 is 0 Å². The molecule has 2 aromatic carbocycles. The van der Waals surface area contributed by atoms with E-state index in [9.17, 15) is 0 Å². The van der Waals surface area contributed by atoms with Crippen molar-refractivity contribution in [2.45, 2.75) is 0 Å². The zero-order chi connectivity index (χ0) is 9.80. The standard InChI is InChI=1S/C12H12AsN/c13-10-6-8-12(9-7-10)14-11-4-2-1-3-5-11/h1-9,14H,13H2. The molecule has 0 aliphatic heterocycles. The molecule has 70 valence electrons. The molecule has 0 radical (unpaired) electrons. The van der Waals surface area contributed by atoms with E-state index in [0.29, 0.717) is 0 Å². The SMILES string of the molecule is [AsH2]c1ccc(Nc2ccccc2)cc1. The molecule has 0 heterocycles. The van der Waals surface area contributed by atoms with Crippen LogP contribution in [-0.4, -0.2) is 16.9 Å². The number of hydrogen-bond donors (Lipinski definition) is 1. The van der Waals surface area contributed by atoms with Gasteiger partial charge in [0, 0.05) is 0 Å². The first-order valence-corrected chi connectivity index (χ1v) is 5.73. The molecule has 1 unspecified atom stereocenters. The van der Waals surface area contributed by atoms with Crippen molar-refractivity contribution in [1.29, 1.82) is 0 Å². The van der Waals surface area contributed by atoms with Crippen LogP contribution in [0.1, 0.15) is 0 Å². The van der Waals surface area contributed by atoms with E-state index in [1.807, 2.05) is 18.2 Å². The van der Waals surface area contributed by atoms with E-state index in [1.165, 1.54) is 4.35 Å². The average molecular weight is 245 g/mol. The van der Waals surface area contributed by atoms with Crippen LogP contribution >= 0.6 is 0 Å². The molecule has 0 saturated heterocycles. The Morgan fingerprint density at radius 1 is 0.714 bits per heavy atom. The third kappa shape index (κ3) is 2.40. The topological polar surface area (TPSA) is 12.0 Å². The Morgan fingerprint density at radius 2 is 1.29 bits per heavy atom. The summed E-state index contributed by atoms with van der Waals surface area (Å²) in [7, 11) is 0. The van der Waals surface area contributed by atoms with E-state index in [4.69, 9.17) is 0 Å². The molecule has 0 aromatic heterocycles. The monoisotopic (exact) mass is 245 g/mol. The zero-order valence-corrected chi connectivity index (χ0v) is 10.2. The number of anilines is 2. The van der Waals surface area contributed by atoms with Crippen LogP contribution in [0.3, 0.4) is 0 Å². The van der Waals surface area contributed by atoms with Gasteiger partial charge < -0.3 is 0 Å². The van der Waals surface area contributed by atoms with Crippen LogP contribution in [0.2, 0.25) is 0 Å². The first-order valence-electron chi connectivity index (χ1n) is 4.52. The van der Waals surface area contributed by atoms with Gasteiger partial charge in [-0.1, -0.05) is 0 Å². The Kier molecular flexibility index (Phi) is 2.90. The van der Waals surface area contributed by atoms with Gasteiger partial charge in [-0.2, -0.15) is 0 Å². The molecule has 0 fully saturated rings. The van der Waals surface area contributed by atoms with Crippen LogP contribution in [0, 0.1) is 0 Å². The maximum absolute atomic E-state index is 3.34. The van der Waals surface area contributed by atoms with E-state index in [0.717, 1.165) is 11.4 Å². The average Bonchev–Trinajstić information content (AvgIpc) is 2.23. The predicted octanol–water partition coefficient (Wildman–Crippen LogP) is 1.69. The molecule has 2 rings (SSSR count). The molecule has 0 aliphatic carbocycles. The van der Waals surface area contributed by atoms with E-state index in [2.05, 4.69) is 41.7 Å². The molecule has 1 nitrogen and oxygen atoms in total. The van der Waals surface area contributed by atoms with Crippen molar-refractivity contribution in [1.82, 2.24) is 0 Å².